The van der Waals surface area contributed by atoms with E-state index in [2.05, 4.69) is 216 Å². The molecule has 0 spiro atoms. The summed E-state index contributed by atoms with van der Waals surface area (Å²) in [6.45, 7) is 0. The molecular formula is C54H34N2. The minimum atomic E-state index is 1.11. The lowest BCUT2D eigenvalue weighted by atomic mass is 9.94. The zero-order valence-corrected chi connectivity index (χ0v) is 30.5. The fourth-order valence-electron chi connectivity index (χ4n) is 9.47. The normalized spacial score (nSPS) is 11.9. The van der Waals surface area contributed by atoms with Gasteiger partial charge in [-0.1, -0.05) is 152 Å². The highest BCUT2D eigenvalue weighted by molar-refractivity contribution is 6.27. The quantitative estimate of drug-likeness (QED) is 0.165. The van der Waals surface area contributed by atoms with Crippen LogP contribution in [-0.2, 0) is 0 Å². The molecule has 11 aromatic carbocycles. The van der Waals surface area contributed by atoms with Gasteiger partial charge in [-0.3, -0.25) is 0 Å². The second-order valence-corrected chi connectivity index (χ2v) is 14.9. The molecule has 1 aromatic heterocycles. The Labute approximate surface area is 323 Å². The molecule has 0 unspecified atom stereocenters. The van der Waals surface area contributed by atoms with Gasteiger partial charge in [0, 0.05) is 33.5 Å². The Balaban J connectivity index is 1.12. The van der Waals surface area contributed by atoms with Gasteiger partial charge in [-0.25, -0.2) is 0 Å². The summed E-state index contributed by atoms with van der Waals surface area (Å²) in [6.07, 6.45) is 0. The van der Waals surface area contributed by atoms with Gasteiger partial charge in [-0.05, 0) is 119 Å². The summed E-state index contributed by atoms with van der Waals surface area (Å²) in [5, 5.41) is 17.8. The number of benzene rings is 11. The van der Waals surface area contributed by atoms with Gasteiger partial charge in [-0.15, -0.1) is 0 Å². The highest BCUT2D eigenvalue weighted by Crippen LogP contribution is 2.43. The molecule has 12 rings (SSSR count). The van der Waals surface area contributed by atoms with Crippen LogP contribution in [0, 0.1) is 0 Å². The topological polar surface area (TPSA) is 8.17 Å². The maximum Gasteiger partial charge on any atom is 0.0561 e. The SMILES string of the molecule is c1ccc(N(c2ccc3c4ccccc4c4ccccc4c3c2)c2ccc3c4ccccc4n(-c4ccc5c6ccccc6c6ccccc6c5c4)c3c2)cc1. The molecule has 0 aliphatic heterocycles. The van der Waals surface area contributed by atoms with E-state index in [1.165, 1.54) is 86.4 Å². The van der Waals surface area contributed by atoms with Crippen LogP contribution in [0.3, 0.4) is 0 Å². The molecule has 0 aliphatic rings. The van der Waals surface area contributed by atoms with Gasteiger partial charge in [0.2, 0.25) is 0 Å². The van der Waals surface area contributed by atoms with Gasteiger partial charge in [0.15, 0.2) is 0 Å². The fourth-order valence-corrected chi connectivity index (χ4v) is 9.47. The van der Waals surface area contributed by atoms with Crippen LogP contribution in [0.25, 0.3) is 92.1 Å². The third-order valence-corrected chi connectivity index (χ3v) is 11.9. The van der Waals surface area contributed by atoms with Crippen molar-refractivity contribution < 1.29 is 0 Å². The average molecular weight is 711 g/mol. The largest absolute Gasteiger partial charge is 0.310 e. The van der Waals surface area contributed by atoms with Crippen LogP contribution in [0.15, 0.2) is 206 Å². The van der Waals surface area contributed by atoms with Crippen molar-refractivity contribution in [3.05, 3.63) is 206 Å². The Kier molecular flexibility index (Phi) is 6.66. The van der Waals surface area contributed by atoms with E-state index < -0.39 is 0 Å². The van der Waals surface area contributed by atoms with Gasteiger partial charge in [0.25, 0.3) is 0 Å². The Hall–Kier alpha value is -7.42. The lowest BCUT2D eigenvalue weighted by molar-refractivity contribution is 1.18. The van der Waals surface area contributed by atoms with Gasteiger partial charge in [0.1, 0.15) is 0 Å². The van der Waals surface area contributed by atoms with Crippen LogP contribution in [0.4, 0.5) is 17.1 Å². The first kappa shape index (κ1) is 31.0. The molecule has 0 N–H and O–H groups in total. The first-order valence-electron chi connectivity index (χ1n) is 19.4. The molecular weight excluding hydrogens is 677 g/mol. The van der Waals surface area contributed by atoms with Crippen LogP contribution >= 0.6 is 0 Å². The van der Waals surface area contributed by atoms with Crippen molar-refractivity contribution in [1.29, 1.82) is 0 Å². The smallest absolute Gasteiger partial charge is 0.0561 e. The third-order valence-electron chi connectivity index (χ3n) is 11.9. The number of hydrogen-bond acceptors (Lipinski definition) is 1. The highest BCUT2D eigenvalue weighted by atomic mass is 15.1. The van der Waals surface area contributed by atoms with Crippen LogP contribution in [-0.4, -0.2) is 4.57 Å². The summed E-state index contributed by atoms with van der Waals surface area (Å²) in [6, 6.07) is 75.8. The predicted molar refractivity (Wildman–Crippen MR) is 240 cm³/mol. The lowest BCUT2D eigenvalue weighted by Gasteiger charge is -2.26. The van der Waals surface area contributed by atoms with E-state index in [9.17, 15) is 0 Å². The molecule has 0 amide bonds. The molecule has 0 bridgehead atoms. The first-order valence-corrected chi connectivity index (χ1v) is 19.4. The van der Waals surface area contributed by atoms with E-state index in [-0.39, 0.29) is 0 Å². The minimum Gasteiger partial charge on any atom is -0.310 e. The molecule has 12 aromatic rings. The zero-order valence-electron chi connectivity index (χ0n) is 30.5. The minimum absolute atomic E-state index is 1.11. The number of anilines is 3. The van der Waals surface area contributed by atoms with Crippen molar-refractivity contribution >= 4 is 104 Å². The summed E-state index contributed by atoms with van der Waals surface area (Å²) in [4.78, 5) is 2.41. The van der Waals surface area contributed by atoms with Crippen LogP contribution in [0.5, 0.6) is 0 Å². The lowest BCUT2D eigenvalue weighted by Crippen LogP contribution is -2.10. The monoisotopic (exact) mass is 710 g/mol. The molecule has 260 valence electrons. The van der Waals surface area contributed by atoms with Crippen LogP contribution in [0.1, 0.15) is 0 Å². The van der Waals surface area contributed by atoms with E-state index in [4.69, 9.17) is 0 Å². The molecule has 1 heterocycles. The summed E-state index contributed by atoms with van der Waals surface area (Å²) in [7, 11) is 0. The Morgan fingerprint density at radius 3 is 1.16 bits per heavy atom. The average Bonchev–Trinajstić information content (AvgIpc) is 3.60. The molecule has 2 nitrogen and oxygen atoms in total. The third kappa shape index (κ3) is 4.50. The maximum absolute atomic E-state index is 2.46. The Bertz CT molecular complexity index is 3470. The van der Waals surface area contributed by atoms with Crippen molar-refractivity contribution in [3.63, 3.8) is 0 Å². The summed E-state index contributed by atoms with van der Waals surface area (Å²) < 4.78 is 2.46. The van der Waals surface area contributed by atoms with Gasteiger partial charge < -0.3 is 9.47 Å². The van der Waals surface area contributed by atoms with E-state index in [1.54, 1.807) is 0 Å². The summed E-state index contributed by atoms with van der Waals surface area (Å²) >= 11 is 0. The van der Waals surface area contributed by atoms with Crippen LogP contribution in [0.2, 0.25) is 0 Å². The van der Waals surface area contributed by atoms with Crippen molar-refractivity contribution in [2.24, 2.45) is 0 Å². The molecule has 0 radical (unpaired) electrons. The van der Waals surface area contributed by atoms with Gasteiger partial charge in [0.05, 0.1) is 11.0 Å². The Morgan fingerprint density at radius 2 is 0.607 bits per heavy atom. The van der Waals surface area contributed by atoms with E-state index >= 15 is 0 Å². The van der Waals surface area contributed by atoms with Gasteiger partial charge >= 0.3 is 0 Å². The number of hydrogen-bond donors (Lipinski definition) is 0. The highest BCUT2D eigenvalue weighted by Gasteiger charge is 2.19. The molecule has 2 heteroatoms. The van der Waals surface area contributed by atoms with Crippen LogP contribution < -0.4 is 4.90 Å². The first-order chi connectivity index (χ1) is 27.8. The number of rotatable bonds is 4. The standard InChI is InChI=1S/C54H34N2/c1-2-14-35(15-3-1)55(36-26-29-47-43-20-6-4-16-39(43)41-18-8-10-22-45(41)51(47)32-36)38-28-31-50-49-24-12-13-25-53(49)56(54(50)34-38)37-27-30-48-44-21-7-5-17-40(44)42-19-9-11-23-46(42)52(48)33-37/h1-34H. The second-order valence-electron chi connectivity index (χ2n) is 14.9. The molecule has 0 saturated carbocycles. The number of para-hydroxylation sites is 2. The maximum atomic E-state index is 2.46. The molecule has 0 saturated heterocycles. The van der Waals surface area contributed by atoms with Crippen molar-refractivity contribution in [2.75, 3.05) is 4.90 Å². The van der Waals surface area contributed by atoms with Crippen molar-refractivity contribution in [3.8, 4) is 5.69 Å². The van der Waals surface area contributed by atoms with E-state index in [1.807, 2.05) is 0 Å². The summed E-state index contributed by atoms with van der Waals surface area (Å²) in [5.74, 6) is 0. The Morgan fingerprint density at radius 1 is 0.232 bits per heavy atom. The molecule has 56 heavy (non-hydrogen) atoms. The predicted octanol–water partition coefficient (Wildman–Crippen LogP) is 15.2. The van der Waals surface area contributed by atoms with E-state index in [0.29, 0.717) is 0 Å². The molecule has 0 fully saturated rings. The van der Waals surface area contributed by atoms with E-state index in [0.717, 1.165) is 22.7 Å². The number of aromatic nitrogens is 1. The van der Waals surface area contributed by atoms with Crippen molar-refractivity contribution in [1.82, 2.24) is 4.57 Å². The second kappa shape index (κ2) is 12.0. The van der Waals surface area contributed by atoms with Gasteiger partial charge in [-0.2, -0.15) is 0 Å². The summed E-state index contributed by atoms with van der Waals surface area (Å²) in [5.41, 5.74) is 6.86. The molecule has 0 aliphatic carbocycles. The van der Waals surface area contributed by atoms with Crippen molar-refractivity contribution in [2.45, 2.75) is 0 Å². The number of fused-ring (bicyclic) bond motifs is 15. The fraction of sp³-hybridized carbons (Fsp3) is 0. The number of nitrogens with zero attached hydrogens (tertiary/aromatic N) is 2. The zero-order chi connectivity index (χ0) is 36.7. The molecule has 0 atom stereocenters.